The van der Waals surface area contributed by atoms with Gasteiger partial charge in [-0.3, -0.25) is 4.90 Å². The number of rotatable bonds is 6. The molecule has 0 saturated carbocycles. The normalized spacial score (nSPS) is 17.7. The lowest BCUT2D eigenvalue weighted by atomic mass is 10.1. The fourth-order valence-corrected chi connectivity index (χ4v) is 3.57. The number of hydrogen-bond acceptors (Lipinski definition) is 5. The molecule has 1 fully saturated rings. The third-order valence-corrected chi connectivity index (χ3v) is 4.95. The van der Waals surface area contributed by atoms with Crippen molar-refractivity contribution in [3.63, 3.8) is 0 Å². The number of anilines is 1. The monoisotopic (exact) mass is 363 g/mol. The van der Waals surface area contributed by atoms with Crippen LogP contribution in [-0.2, 0) is 0 Å². The standard InChI is InChI=1S/C22H25N3O2/c23-22-21-9-8-19(15-17(21)10-11-24-22)27-20-7-4-12-25(16-20)13-14-26-18-5-2-1-3-6-18/h1-3,5-6,8-11,15,20H,4,7,12-14,16H2,(H2,23,24)/t20-/m0/s1. The van der Waals surface area contributed by atoms with Crippen LogP contribution in [0.4, 0.5) is 5.82 Å². The van der Waals surface area contributed by atoms with Crippen molar-refractivity contribution < 1.29 is 9.47 Å². The number of benzene rings is 2. The van der Waals surface area contributed by atoms with Gasteiger partial charge in [-0.25, -0.2) is 4.98 Å². The zero-order chi connectivity index (χ0) is 18.5. The number of aromatic nitrogens is 1. The predicted molar refractivity (Wildman–Crippen MR) is 108 cm³/mol. The average Bonchev–Trinajstić information content (AvgIpc) is 2.69. The molecule has 0 amide bonds. The van der Waals surface area contributed by atoms with E-state index in [1.165, 1.54) is 0 Å². The molecule has 0 bridgehead atoms. The Morgan fingerprint density at radius 2 is 1.96 bits per heavy atom. The van der Waals surface area contributed by atoms with Gasteiger partial charge in [0.25, 0.3) is 0 Å². The van der Waals surface area contributed by atoms with Gasteiger partial charge in [0.2, 0.25) is 0 Å². The van der Waals surface area contributed by atoms with Crippen molar-refractivity contribution in [2.75, 3.05) is 32.0 Å². The van der Waals surface area contributed by atoms with E-state index >= 15 is 0 Å². The number of nitrogens with two attached hydrogens (primary N) is 1. The quantitative estimate of drug-likeness (QED) is 0.723. The molecule has 4 rings (SSSR count). The SMILES string of the molecule is Nc1nccc2cc(O[C@H]3CCCN(CCOc4ccccc4)C3)ccc12. The molecule has 0 spiro atoms. The maximum absolute atomic E-state index is 6.25. The first-order valence-electron chi connectivity index (χ1n) is 9.49. The summed E-state index contributed by atoms with van der Waals surface area (Å²) in [7, 11) is 0. The lowest BCUT2D eigenvalue weighted by molar-refractivity contribution is 0.0795. The van der Waals surface area contributed by atoms with E-state index in [1.54, 1.807) is 6.20 Å². The van der Waals surface area contributed by atoms with E-state index in [9.17, 15) is 0 Å². The van der Waals surface area contributed by atoms with Gasteiger partial charge in [0.1, 0.15) is 30.0 Å². The summed E-state index contributed by atoms with van der Waals surface area (Å²) in [4.78, 5) is 6.55. The van der Waals surface area contributed by atoms with Gasteiger partial charge in [-0.1, -0.05) is 18.2 Å². The van der Waals surface area contributed by atoms with E-state index in [1.807, 2.05) is 54.6 Å². The molecule has 140 valence electrons. The minimum atomic E-state index is 0.201. The maximum atomic E-state index is 6.25. The van der Waals surface area contributed by atoms with Crippen molar-refractivity contribution in [2.24, 2.45) is 0 Å². The van der Waals surface area contributed by atoms with Crippen molar-refractivity contribution in [1.82, 2.24) is 9.88 Å². The maximum Gasteiger partial charge on any atom is 0.131 e. The molecule has 0 aliphatic carbocycles. The number of nitrogen functional groups attached to an aromatic ring is 1. The molecule has 1 aliphatic heterocycles. The molecule has 1 aliphatic rings. The van der Waals surface area contributed by atoms with Crippen molar-refractivity contribution in [1.29, 1.82) is 0 Å². The predicted octanol–water partition coefficient (Wildman–Crippen LogP) is 3.74. The number of ether oxygens (including phenoxy) is 2. The average molecular weight is 363 g/mol. The van der Waals surface area contributed by atoms with Crippen LogP contribution in [0.2, 0.25) is 0 Å². The molecule has 2 aromatic carbocycles. The minimum Gasteiger partial charge on any atom is -0.492 e. The summed E-state index contributed by atoms with van der Waals surface area (Å²) in [6.45, 7) is 3.63. The van der Waals surface area contributed by atoms with Gasteiger partial charge in [-0.2, -0.15) is 0 Å². The molecular formula is C22H25N3O2. The summed E-state index contributed by atoms with van der Waals surface area (Å²) < 4.78 is 12.1. The Morgan fingerprint density at radius 3 is 2.85 bits per heavy atom. The first-order valence-corrected chi connectivity index (χ1v) is 9.49. The summed E-state index contributed by atoms with van der Waals surface area (Å²) in [6, 6.07) is 17.9. The van der Waals surface area contributed by atoms with Gasteiger partial charge in [0.15, 0.2) is 0 Å². The first kappa shape index (κ1) is 17.6. The van der Waals surface area contributed by atoms with Crippen molar-refractivity contribution in [2.45, 2.75) is 18.9 Å². The van der Waals surface area contributed by atoms with Crippen LogP contribution in [0.5, 0.6) is 11.5 Å². The molecule has 1 atom stereocenters. The number of hydrogen-bond donors (Lipinski definition) is 1. The van der Waals surface area contributed by atoms with Crippen LogP contribution in [-0.4, -0.2) is 42.2 Å². The summed E-state index contributed by atoms with van der Waals surface area (Å²) in [6.07, 6.45) is 4.15. The minimum absolute atomic E-state index is 0.201. The van der Waals surface area contributed by atoms with Crippen LogP contribution >= 0.6 is 0 Å². The molecule has 5 nitrogen and oxygen atoms in total. The summed E-state index contributed by atoms with van der Waals surface area (Å²) in [5.74, 6) is 2.37. The highest BCUT2D eigenvalue weighted by molar-refractivity contribution is 5.91. The van der Waals surface area contributed by atoms with E-state index in [0.717, 1.165) is 54.7 Å². The molecule has 2 N–H and O–H groups in total. The Bertz CT molecular complexity index is 885. The van der Waals surface area contributed by atoms with Crippen LogP contribution in [0.25, 0.3) is 10.8 Å². The second kappa shape index (κ2) is 8.27. The highest BCUT2D eigenvalue weighted by Crippen LogP contribution is 2.26. The Hall–Kier alpha value is -2.79. The molecule has 1 aromatic heterocycles. The number of piperidine rings is 1. The fourth-order valence-electron chi connectivity index (χ4n) is 3.57. The Balaban J connectivity index is 1.32. The summed E-state index contributed by atoms with van der Waals surface area (Å²) in [5, 5.41) is 2.03. The second-order valence-corrected chi connectivity index (χ2v) is 6.92. The zero-order valence-electron chi connectivity index (χ0n) is 15.4. The highest BCUT2D eigenvalue weighted by atomic mass is 16.5. The molecule has 27 heavy (non-hydrogen) atoms. The third kappa shape index (κ3) is 4.49. The molecule has 5 heteroatoms. The van der Waals surface area contributed by atoms with E-state index < -0.39 is 0 Å². The summed E-state index contributed by atoms with van der Waals surface area (Å²) in [5.41, 5.74) is 5.93. The van der Waals surface area contributed by atoms with Crippen LogP contribution in [0.1, 0.15) is 12.8 Å². The van der Waals surface area contributed by atoms with Gasteiger partial charge >= 0.3 is 0 Å². The number of para-hydroxylation sites is 1. The fraction of sp³-hybridized carbons (Fsp3) is 0.318. The number of nitrogens with zero attached hydrogens (tertiary/aromatic N) is 2. The van der Waals surface area contributed by atoms with Gasteiger partial charge in [-0.15, -0.1) is 0 Å². The number of fused-ring (bicyclic) bond motifs is 1. The number of likely N-dealkylation sites (tertiary alicyclic amines) is 1. The van der Waals surface area contributed by atoms with Gasteiger partial charge in [-0.05, 0) is 61.2 Å². The molecule has 0 radical (unpaired) electrons. The molecule has 1 saturated heterocycles. The van der Waals surface area contributed by atoms with E-state index in [-0.39, 0.29) is 6.10 Å². The van der Waals surface area contributed by atoms with E-state index in [2.05, 4.69) is 9.88 Å². The Labute approximate surface area is 159 Å². The first-order chi connectivity index (χ1) is 13.3. The van der Waals surface area contributed by atoms with Crippen LogP contribution in [0, 0.1) is 0 Å². The van der Waals surface area contributed by atoms with Crippen LogP contribution < -0.4 is 15.2 Å². The number of pyridine rings is 1. The van der Waals surface area contributed by atoms with Crippen LogP contribution in [0.3, 0.4) is 0 Å². The van der Waals surface area contributed by atoms with Gasteiger partial charge < -0.3 is 15.2 Å². The third-order valence-electron chi connectivity index (χ3n) is 4.95. The van der Waals surface area contributed by atoms with E-state index in [4.69, 9.17) is 15.2 Å². The van der Waals surface area contributed by atoms with Crippen molar-refractivity contribution >= 4 is 16.6 Å². The molecule has 3 aromatic rings. The lowest BCUT2D eigenvalue weighted by Crippen LogP contribution is -2.42. The van der Waals surface area contributed by atoms with Crippen molar-refractivity contribution in [3.05, 3.63) is 60.8 Å². The lowest BCUT2D eigenvalue weighted by Gasteiger charge is -2.32. The second-order valence-electron chi connectivity index (χ2n) is 6.92. The molecule has 2 heterocycles. The Morgan fingerprint density at radius 1 is 1.07 bits per heavy atom. The van der Waals surface area contributed by atoms with Crippen LogP contribution in [0.15, 0.2) is 60.8 Å². The molecular weight excluding hydrogens is 338 g/mol. The van der Waals surface area contributed by atoms with Crippen molar-refractivity contribution in [3.8, 4) is 11.5 Å². The Kier molecular flexibility index (Phi) is 5.39. The summed E-state index contributed by atoms with van der Waals surface area (Å²) >= 11 is 0. The molecule has 0 unspecified atom stereocenters. The highest BCUT2D eigenvalue weighted by Gasteiger charge is 2.21. The van der Waals surface area contributed by atoms with E-state index in [0.29, 0.717) is 12.4 Å². The smallest absolute Gasteiger partial charge is 0.131 e. The topological polar surface area (TPSA) is 60.6 Å². The largest absolute Gasteiger partial charge is 0.492 e. The van der Waals surface area contributed by atoms with Gasteiger partial charge in [0.05, 0.1) is 0 Å². The zero-order valence-corrected chi connectivity index (χ0v) is 15.4. The van der Waals surface area contributed by atoms with Gasteiger partial charge in [0, 0.05) is 24.7 Å².